The van der Waals surface area contributed by atoms with E-state index in [2.05, 4.69) is 0 Å². The average Bonchev–Trinajstić information content (AvgIpc) is 3.26. The van der Waals surface area contributed by atoms with Gasteiger partial charge in [0.1, 0.15) is 17.3 Å². The van der Waals surface area contributed by atoms with Crippen molar-refractivity contribution in [2.24, 2.45) is 0 Å². The Balaban J connectivity index is 1.84. The minimum absolute atomic E-state index is 0.121. The number of carbonyl (C=O) groups excluding carboxylic acids is 1. The predicted molar refractivity (Wildman–Crippen MR) is 130 cm³/mol. The molecule has 0 unspecified atom stereocenters. The van der Waals surface area contributed by atoms with E-state index in [1.807, 2.05) is 13.8 Å². The minimum atomic E-state index is -3.91. The van der Waals surface area contributed by atoms with Gasteiger partial charge in [-0.3, -0.25) is 4.79 Å². The lowest BCUT2D eigenvalue weighted by molar-refractivity contribution is -0.133. The molecule has 0 bridgehead atoms. The lowest BCUT2D eigenvalue weighted by Crippen LogP contribution is -2.43. The Labute approximate surface area is 206 Å². The van der Waals surface area contributed by atoms with Crippen molar-refractivity contribution in [3.8, 4) is 0 Å². The molecule has 0 atom stereocenters. The Hall–Kier alpha value is -3.01. The van der Waals surface area contributed by atoms with Crippen LogP contribution in [0.3, 0.4) is 0 Å². The van der Waals surface area contributed by atoms with Gasteiger partial charge in [-0.25, -0.2) is 12.8 Å². The third kappa shape index (κ3) is 7.74. The first kappa shape index (κ1) is 26.6. The molecule has 0 aliphatic rings. The van der Waals surface area contributed by atoms with Gasteiger partial charge in [0.25, 0.3) is 0 Å². The predicted octanol–water partition coefficient (Wildman–Crippen LogP) is 4.37. The number of furan rings is 1. The van der Waals surface area contributed by atoms with Crippen LogP contribution < -0.4 is 0 Å². The number of hydrogen-bond acceptors (Lipinski definition) is 5. The number of benzene rings is 2. The molecule has 9 heteroatoms. The molecule has 1 heterocycles. The second-order valence-corrected chi connectivity index (χ2v) is 10.0. The lowest BCUT2D eigenvalue weighted by Gasteiger charge is -2.27. The molecule has 0 saturated carbocycles. The van der Waals surface area contributed by atoms with E-state index in [-0.39, 0.29) is 42.8 Å². The summed E-state index contributed by atoms with van der Waals surface area (Å²) in [6.07, 6.45) is 0.447. The molecule has 7 nitrogen and oxygen atoms in total. The van der Waals surface area contributed by atoms with Crippen LogP contribution in [0.5, 0.6) is 0 Å². The Morgan fingerprint density at radius 3 is 2.34 bits per heavy atom. The smallest absolute Gasteiger partial charge is 0.243 e. The number of aryl methyl sites for hydroxylation is 1. The molecule has 0 saturated heterocycles. The number of hydrogen-bond donors (Lipinski definition) is 0. The fraction of sp³-hybridized carbons (Fsp3) is 0.346. The zero-order valence-electron chi connectivity index (χ0n) is 20.0. The summed E-state index contributed by atoms with van der Waals surface area (Å²) in [5.41, 5.74) is 0.719. The van der Waals surface area contributed by atoms with Crippen molar-refractivity contribution >= 4 is 15.9 Å². The first-order chi connectivity index (χ1) is 16.8. The first-order valence-electron chi connectivity index (χ1n) is 11.5. The standard InChI is InChI=1S/C26H31FN2O5S/c1-3-33-17-7-16-29(35(31,32)25-8-5-4-6-9-25)20-26(30)28(19-24-15-10-21(2)34-24)18-22-11-13-23(27)14-12-22/h4-6,8-15H,3,7,16-20H2,1-2H3. The quantitative estimate of drug-likeness (QED) is 0.324. The van der Waals surface area contributed by atoms with Crippen LogP contribution in [0.25, 0.3) is 0 Å². The van der Waals surface area contributed by atoms with Crippen LogP contribution in [0, 0.1) is 12.7 Å². The summed E-state index contributed by atoms with van der Waals surface area (Å²) >= 11 is 0. The maximum absolute atomic E-state index is 13.5. The van der Waals surface area contributed by atoms with Gasteiger partial charge in [-0.1, -0.05) is 30.3 Å². The van der Waals surface area contributed by atoms with Crippen molar-refractivity contribution in [3.63, 3.8) is 0 Å². The van der Waals surface area contributed by atoms with Gasteiger partial charge in [0.15, 0.2) is 0 Å². The lowest BCUT2D eigenvalue weighted by atomic mass is 10.2. The monoisotopic (exact) mass is 502 g/mol. The van der Waals surface area contributed by atoms with Crippen LogP contribution in [0.2, 0.25) is 0 Å². The van der Waals surface area contributed by atoms with Gasteiger partial charge in [0, 0.05) is 26.3 Å². The zero-order chi connectivity index (χ0) is 25.3. The number of ether oxygens (including phenoxy) is 1. The normalized spacial score (nSPS) is 11.7. The highest BCUT2D eigenvalue weighted by Gasteiger charge is 2.28. The maximum Gasteiger partial charge on any atom is 0.243 e. The minimum Gasteiger partial charge on any atom is -0.464 e. The molecule has 0 spiro atoms. The van der Waals surface area contributed by atoms with Gasteiger partial charge in [-0.15, -0.1) is 0 Å². The van der Waals surface area contributed by atoms with Gasteiger partial charge in [0.05, 0.1) is 18.0 Å². The van der Waals surface area contributed by atoms with E-state index >= 15 is 0 Å². The summed E-state index contributed by atoms with van der Waals surface area (Å²) in [5.74, 6) is 0.521. The van der Waals surface area contributed by atoms with Gasteiger partial charge in [-0.05, 0) is 62.2 Å². The Kier molecular flexibility index (Phi) is 9.59. The second kappa shape index (κ2) is 12.6. The first-order valence-corrected chi connectivity index (χ1v) is 12.9. The van der Waals surface area contributed by atoms with Crippen molar-refractivity contribution < 1.29 is 26.8 Å². The van der Waals surface area contributed by atoms with E-state index in [4.69, 9.17) is 9.15 Å². The molecule has 1 aromatic heterocycles. The highest BCUT2D eigenvalue weighted by atomic mass is 32.2. The van der Waals surface area contributed by atoms with Gasteiger partial charge >= 0.3 is 0 Å². The summed E-state index contributed by atoms with van der Waals surface area (Å²) < 4.78 is 52.3. The molecular formula is C26H31FN2O5S. The Morgan fingerprint density at radius 2 is 1.71 bits per heavy atom. The molecule has 0 fully saturated rings. The van der Waals surface area contributed by atoms with Crippen molar-refractivity contribution in [1.82, 2.24) is 9.21 Å². The van der Waals surface area contributed by atoms with Crippen LogP contribution in [-0.2, 0) is 32.6 Å². The van der Waals surface area contributed by atoms with E-state index < -0.39 is 10.0 Å². The van der Waals surface area contributed by atoms with E-state index in [1.165, 1.54) is 33.5 Å². The fourth-order valence-electron chi connectivity index (χ4n) is 3.56. The summed E-state index contributed by atoms with van der Waals surface area (Å²) in [7, 11) is -3.91. The third-order valence-electron chi connectivity index (χ3n) is 5.38. The molecule has 1 amide bonds. The molecule has 0 radical (unpaired) electrons. The van der Waals surface area contributed by atoms with Crippen molar-refractivity contribution in [1.29, 1.82) is 0 Å². The van der Waals surface area contributed by atoms with Crippen LogP contribution >= 0.6 is 0 Å². The highest BCUT2D eigenvalue weighted by Crippen LogP contribution is 2.18. The van der Waals surface area contributed by atoms with Crippen LogP contribution in [0.4, 0.5) is 4.39 Å². The number of rotatable bonds is 13. The summed E-state index contributed by atoms with van der Waals surface area (Å²) in [6.45, 7) is 4.71. The number of carbonyl (C=O) groups is 1. The summed E-state index contributed by atoms with van der Waals surface area (Å²) in [5, 5.41) is 0. The molecule has 0 aliphatic heterocycles. The number of amides is 1. The van der Waals surface area contributed by atoms with Crippen LogP contribution in [-0.4, -0.2) is 49.8 Å². The Morgan fingerprint density at radius 1 is 1.00 bits per heavy atom. The van der Waals surface area contributed by atoms with Gasteiger partial charge < -0.3 is 14.1 Å². The van der Waals surface area contributed by atoms with E-state index in [0.717, 1.165) is 5.56 Å². The second-order valence-electron chi connectivity index (χ2n) is 8.09. The highest BCUT2D eigenvalue weighted by molar-refractivity contribution is 7.89. The van der Waals surface area contributed by atoms with Gasteiger partial charge in [-0.2, -0.15) is 4.31 Å². The SMILES string of the molecule is CCOCCCN(CC(=O)N(Cc1ccc(F)cc1)Cc1ccc(C)o1)S(=O)(=O)c1ccccc1. The molecule has 188 valence electrons. The summed E-state index contributed by atoms with van der Waals surface area (Å²) in [4.78, 5) is 15.1. The summed E-state index contributed by atoms with van der Waals surface area (Å²) in [6, 6.07) is 17.5. The molecule has 3 aromatic rings. The van der Waals surface area contributed by atoms with Crippen molar-refractivity contribution in [2.75, 3.05) is 26.3 Å². The molecular weight excluding hydrogens is 471 g/mol. The van der Waals surface area contributed by atoms with Gasteiger partial charge in [0.2, 0.25) is 15.9 Å². The van der Waals surface area contributed by atoms with Crippen molar-refractivity contribution in [3.05, 3.63) is 89.6 Å². The largest absolute Gasteiger partial charge is 0.464 e. The van der Waals surface area contributed by atoms with E-state index in [0.29, 0.717) is 31.2 Å². The Bertz CT molecular complexity index is 1180. The van der Waals surface area contributed by atoms with Crippen LogP contribution in [0.1, 0.15) is 30.4 Å². The molecule has 35 heavy (non-hydrogen) atoms. The molecule has 0 N–H and O–H groups in total. The van der Waals surface area contributed by atoms with E-state index in [9.17, 15) is 17.6 Å². The molecule has 0 aliphatic carbocycles. The maximum atomic E-state index is 13.5. The van der Waals surface area contributed by atoms with Crippen LogP contribution in [0.15, 0.2) is 76.0 Å². The number of halogens is 1. The fourth-order valence-corrected chi connectivity index (χ4v) is 5.01. The number of sulfonamides is 1. The molecule has 3 rings (SSSR count). The topological polar surface area (TPSA) is 80.1 Å². The van der Waals surface area contributed by atoms with Crippen molar-refractivity contribution in [2.45, 2.75) is 38.3 Å². The average molecular weight is 503 g/mol. The zero-order valence-corrected chi connectivity index (χ0v) is 20.8. The van der Waals surface area contributed by atoms with E-state index in [1.54, 1.807) is 42.5 Å². The molecule has 2 aromatic carbocycles. The third-order valence-corrected chi connectivity index (χ3v) is 7.23. The number of nitrogens with zero attached hydrogens (tertiary/aromatic N) is 2.